The van der Waals surface area contributed by atoms with E-state index in [0.717, 1.165) is 27.8 Å². The van der Waals surface area contributed by atoms with Gasteiger partial charge in [0.15, 0.2) is 5.78 Å². The summed E-state index contributed by atoms with van der Waals surface area (Å²) in [5.41, 5.74) is 3.64. The largest absolute Gasteiger partial charge is 0.317 e. The summed E-state index contributed by atoms with van der Waals surface area (Å²) in [5, 5.41) is 2.19. The van der Waals surface area contributed by atoms with Crippen LogP contribution in [-0.2, 0) is 0 Å². The van der Waals surface area contributed by atoms with Crippen LogP contribution in [0.5, 0.6) is 0 Å². The Morgan fingerprint density at radius 3 is 2.86 bits per heavy atom. The zero-order valence-corrected chi connectivity index (χ0v) is 12.7. The number of aryl methyl sites for hydroxylation is 1. The first kappa shape index (κ1) is 13.8. The average Bonchev–Trinajstić information content (AvgIpc) is 2.81. The summed E-state index contributed by atoms with van der Waals surface area (Å²) >= 11 is 5.69. The Hall–Kier alpha value is -2.13. The molecule has 3 rings (SSSR count). The van der Waals surface area contributed by atoms with E-state index in [4.69, 9.17) is 11.6 Å². The van der Waals surface area contributed by atoms with E-state index in [1.807, 2.05) is 44.3 Å². The van der Waals surface area contributed by atoms with Crippen LogP contribution in [0.1, 0.15) is 21.7 Å². The number of benzene rings is 1. The number of Topliss-reactive ketones (excluding diaryl/α,β-unsaturated/α-hetero) is 1. The van der Waals surface area contributed by atoms with Gasteiger partial charge in [-0.1, -0.05) is 12.1 Å². The van der Waals surface area contributed by atoms with Gasteiger partial charge in [0, 0.05) is 34.7 Å². The van der Waals surface area contributed by atoms with Crippen LogP contribution in [0.25, 0.3) is 16.5 Å². The minimum atomic E-state index is -0.0469. The molecule has 4 heteroatoms. The highest BCUT2D eigenvalue weighted by atomic mass is 35.5. The Morgan fingerprint density at radius 2 is 2.10 bits per heavy atom. The Morgan fingerprint density at radius 1 is 1.29 bits per heavy atom. The Bertz CT molecular complexity index is 831. The molecule has 0 unspecified atom stereocenters. The van der Waals surface area contributed by atoms with E-state index >= 15 is 0 Å². The number of carbonyl (C=O) groups excluding carboxylic acids is 1. The molecule has 0 aliphatic heterocycles. The molecule has 1 aromatic carbocycles. The number of hydrogen-bond donors (Lipinski definition) is 0. The molecule has 0 bridgehead atoms. The van der Waals surface area contributed by atoms with Crippen molar-refractivity contribution in [3.63, 3.8) is 0 Å². The van der Waals surface area contributed by atoms with E-state index in [-0.39, 0.29) is 11.7 Å². The fourth-order valence-corrected chi connectivity index (χ4v) is 2.92. The zero-order chi connectivity index (χ0) is 15.0. The average molecular weight is 299 g/mol. The summed E-state index contributed by atoms with van der Waals surface area (Å²) in [6.07, 6.45) is 3.64. The topological polar surface area (TPSA) is 34.9 Å². The fraction of sp³-hybridized carbons (Fsp3) is 0.176. The van der Waals surface area contributed by atoms with Gasteiger partial charge in [0.2, 0.25) is 0 Å². The Balaban J connectivity index is 2.29. The predicted molar refractivity (Wildman–Crippen MR) is 85.6 cm³/mol. The maximum Gasteiger partial charge on any atom is 0.179 e. The highest BCUT2D eigenvalue weighted by Crippen LogP contribution is 2.27. The van der Waals surface area contributed by atoms with Crippen LogP contribution in [0.15, 0.2) is 42.7 Å². The second kappa shape index (κ2) is 5.34. The first-order valence-electron chi connectivity index (χ1n) is 6.74. The molecule has 0 fully saturated rings. The SMILES string of the molecule is Cc1cc(C(=O)CCl)c(C)n1-c1cccc2ccncc12. The standard InChI is InChI=1S/C17H15ClN2O/c1-11-8-14(17(21)9-18)12(2)20(11)16-5-3-4-13-6-7-19-10-15(13)16/h3-8,10H,9H2,1-2H3. The second-order valence-corrected chi connectivity index (χ2v) is 5.32. The predicted octanol–water partition coefficient (Wildman–Crippen LogP) is 4.06. The van der Waals surface area contributed by atoms with Crippen molar-refractivity contribution in [2.75, 3.05) is 5.88 Å². The lowest BCUT2D eigenvalue weighted by Crippen LogP contribution is -2.04. The molecule has 0 aliphatic rings. The lowest BCUT2D eigenvalue weighted by atomic mass is 10.1. The van der Waals surface area contributed by atoms with E-state index < -0.39 is 0 Å². The normalized spacial score (nSPS) is 11.0. The van der Waals surface area contributed by atoms with Gasteiger partial charge in [0.25, 0.3) is 0 Å². The maximum absolute atomic E-state index is 11.9. The highest BCUT2D eigenvalue weighted by molar-refractivity contribution is 6.30. The summed E-state index contributed by atoms with van der Waals surface area (Å²) in [4.78, 5) is 16.2. The van der Waals surface area contributed by atoms with Gasteiger partial charge >= 0.3 is 0 Å². The Labute approximate surface area is 128 Å². The molecule has 106 valence electrons. The van der Waals surface area contributed by atoms with Gasteiger partial charge in [-0.2, -0.15) is 0 Å². The van der Waals surface area contributed by atoms with Crippen LogP contribution in [0.3, 0.4) is 0 Å². The molecule has 0 spiro atoms. The number of carbonyl (C=O) groups is 1. The molecule has 0 saturated carbocycles. The van der Waals surface area contributed by atoms with Crippen molar-refractivity contribution in [3.8, 4) is 5.69 Å². The van der Waals surface area contributed by atoms with Crippen LogP contribution < -0.4 is 0 Å². The van der Waals surface area contributed by atoms with E-state index in [9.17, 15) is 4.79 Å². The number of ketones is 1. The number of halogens is 1. The monoisotopic (exact) mass is 298 g/mol. The molecule has 2 heterocycles. The minimum Gasteiger partial charge on any atom is -0.317 e. The van der Waals surface area contributed by atoms with Crippen LogP contribution in [-0.4, -0.2) is 21.2 Å². The van der Waals surface area contributed by atoms with Gasteiger partial charge < -0.3 is 4.57 Å². The molecule has 2 aromatic heterocycles. The van der Waals surface area contributed by atoms with Gasteiger partial charge in [0.05, 0.1) is 11.6 Å². The van der Waals surface area contributed by atoms with Crippen LogP contribution in [0.4, 0.5) is 0 Å². The van der Waals surface area contributed by atoms with Crippen molar-refractivity contribution in [1.82, 2.24) is 9.55 Å². The van der Waals surface area contributed by atoms with Crippen molar-refractivity contribution in [3.05, 3.63) is 59.7 Å². The summed E-state index contributed by atoms with van der Waals surface area (Å²) in [5.74, 6) is -0.0455. The number of hydrogen-bond acceptors (Lipinski definition) is 2. The molecule has 0 aliphatic carbocycles. The molecule has 0 radical (unpaired) electrons. The molecule has 3 aromatic rings. The van der Waals surface area contributed by atoms with E-state index in [1.54, 1.807) is 6.20 Å². The minimum absolute atomic E-state index is 0.00138. The maximum atomic E-state index is 11.9. The number of rotatable bonds is 3. The van der Waals surface area contributed by atoms with Crippen molar-refractivity contribution >= 4 is 28.2 Å². The van der Waals surface area contributed by atoms with E-state index in [2.05, 4.69) is 15.6 Å². The van der Waals surface area contributed by atoms with E-state index in [1.165, 1.54) is 0 Å². The number of alkyl halides is 1. The molecule has 0 atom stereocenters. The van der Waals surface area contributed by atoms with Gasteiger partial charge in [0.1, 0.15) is 0 Å². The van der Waals surface area contributed by atoms with Crippen LogP contribution in [0.2, 0.25) is 0 Å². The summed E-state index contributed by atoms with van der Waals surface area (Å²) in [6.45, 7) is 3.94. The highest BCUT2D eigenvalue weighted by Gasteiger charge is 2.16. The smallest absolute Gasteiger partial charge is 0.179 e. The van der Waals surface area contributed by atoms with Gasteiger partial charge in [-0.25, -0.2) is 0 Å². The molecule has 0 saturated heterocycles. The zero-order valence-electron chi connectivity index (χ0n) is 11.9. The fourth-order valence-electron chi connectivity index (χ4n) is 2.78. The third-order valence-corrected chi connectivity index (χ3v) is 4.00. The number of fused-ring (bicyclic) bond motifs is 1. The van der Waals surface area contributed by atoms with Gasteiger partial charge in [-0.3, -0.25) is 9.78 Å². The van der Waals surface area contributed by atoms with E-state index in [0.29, 0.717) is 5.56 Å². The lowest BCUT2D eigenvalue weighted by Gasteiger charge is -2.12. The molecule has 0 amide bonds. The first-order valence-corrected chi connectivity index (χ1v) is 7.28. The lowest BCUT2D eigenvalue weighted by molar-refractivity contribution is 0.102. The molecular weight excluding hydrogens is 284 g/mol. The number of nitrogens with zero attached hydrogens (tertiary/aromatic N) is 2. The van der Waals surface area contributed by atoms with Gasteiger partial charge in [-0.05, 0) is 37.4 Å². The van der Waals surface area contributed by atoms with Crippen molar-refractivity contribution in [2.45, 2.75) is 13.8 Å². The van der Waals surface area contributed by atoms with Crippen LogP contribution in [0, 0.1) is 13.8 Å². The Kier molecular flexibility index (Phi) is 3.52. The summed E-state index contributed by atoms with van der Waals surface area (Å²) in [6, 6.07) is 9.99. The van der Waals surface area contributed by atoms with Crippen molar-refractivity contribution in [2.24, 2.45) is 0 Å². The molecular formula is C17H15ClN2O. The summed E-state index contributed by atoms with van der Waals surface area (Å²) < 4.78 is 2.09. The molecule has 3 nitrogen and oxygen atoms in total. The third kappa shape index (κ3) is 2.24. The van der Waals surface area contributed by atoms with Gasteiger partial charge in [-0.15, -0.1) is 11.6 Å². The van der Waals surface area contributed by atoms with Crippen molar-refractivity contribution < 1.29 is 4.79 Å². The third-order valence-electron chi connectivity index (χ3n) is 3.75. The van der Waals surface area contributed by atoms with Crippen molar-refractivity contribution in [1.29, 1.82) is 0 Å². The first-order chi connectivity index (χ1) is 10.1. The van der Waals surface area contributed by atoms with Crippen LogP contribution >= 0.6 is 11.6 Å². The number of aromatic nitrogens is 2. The number of pyridine rings is 1. The molecule has 0 N–H and O–H groups in total. The second-order valence-electron chi connectivity index (χ2n) is 5.05. The quantitative estimate of drug-likeness (QED) is 0.540. The molecule has 21 heavy (non-hydrogen) atoms. The summed E-state index contributed by atoms with van der Waals surface area (Å²) in [7, 11) is 0.